The normalized spacial score (nSPS) is 14.9. The molecule has 1 aromatic carbocycles. The number of benzene rings is 1. The van der Waals surface area contributed by atoms with Crippen molar-refractivity contribution in [3.05, 3.63) is 50.0 Å². The molecule has 0 spiro atoms. The van der Waals surface area contributed by atoms with Crippen molar-refractivity contribution in [3.63, 3.8) is 0 Å². The summed E-state index contributed by atoms with van der Waals surface area (Å²) in [5, 5.41) is 10.5. The lowest BCUT2D eigenvalue weighted by Gasteiger charge is -2.16. The highest BCUT2D eigenvalue weighted by atomic mass is 32.1. The van der Waals surface area contributed by atoms with Crippen molar-refractivity contribution in [3.8, 4) is 5.88 Å². The summed E-state index contributed by atoms with van der Waals surface area (Å²) < 4.78 is 1.78. The van der Waals surface area contributed by atoms with E-state index in [9.17, 15) is 9.90 Å². The number of hydrogen-bond donors (Lipinski definition) is 2. The molecule has 0 radical (unpaired) electrons. The monoisotopic (exact) mass is 343 g/mol. The minimum Gasteiger partial charge on any atom is -0.494 e. The summed E-state index contributed by atoms with van der Waals surface area (Å²) in [4.78, 5) is 19.1. The smallest absolute Gasteiger partial charge is 0.264 e. The van der Waals surface area contributed by atoms with E-state index in [0.29, 0.717) is 0 Å². The standard InChI is InChI=1S/C18H21N3O2S/c1-3-11(2)21-17(23)15(16(22)20-18(21)24)10-19-14-8-7-12-5-4-6-13(12)9-14/h7-11,23H,3-6H2,1-2H3,(H,20,22,24)/t11-/m1/s1. The third-order valence-corrected chi connectivity index (χ3v) is 4.91. The maximum atomic E-state index is 12.1. The molecule has 0 fully saturated rings. The second-order valence-electron chi connectivity index (χ2n) is 6.19. The zero-order valence-corrected chi connectivity index (χ0v) is 14.7. The molecule has 1 atom stereocenters. The first kappa shape index (κ1) is 16.6. The number of aromatic hydroxyl groups is 1. The molecule has 126 valence electrons. The number of H-pyrrole nitrogens is 1. The molecule has 1 aliphatic carbocycles. The van der Waals surface area contributed by atoms with Crippen molar-refractivity contribution < 1.29 is 5.11 Å². The highest BCUT2D eigenvalue weighted by molar-refractivity contribution is 7.71. The van der Waals surface area contributed by atoms with Crippen LogP contribution in [0.4, 0.5) is 5.69 Å². The van der Waals surface area contributed by atoms with E-state index in [2.05, 4.69) is 16.0 Å². The van der Waals surface area contributed by atoms with Crippen molar-refractivity contribution >= 4 is 24.1 Å². The Kier molecular flexibility index (Phi) is 4.66. The minimum absolute atomic E-state index is 0.0125. The Balaban J connectivity index is 2.01. The van der Waals surface area contributed by atoms with Crippen molar-refractivity contribution in [1.82, 2.24) is 9.55 Å². The number of aliphatic imine (C=N–C) groups is 1. The van der Waals surface area contributed by atoms with Crippen LogP contribution in [0.25, 0.3) is 0 Å². The number of aromatic amines is 1. The maximum absolute atomic E-state index is 12.1. The molecule has 2 aromatic rings. The van der Waals surface area contributed by atoms with E-state index < -0.39 is 5.56 Å². The van der Waals surface area contributed by atoms with Gasteiger partial charge in [0.05, 0.1) is 5.69 Å². The van der Waals surface area contributed by atoms with Gasteiger partial charge in [-0.15, -0.1) is 0 Å². The zero-order chi connectivity index (χ0) is 17.3. The quantitative estimate of drug-likeness (QED) is 0.655. The maximum Gasteiger partial charge on any atom is 0.264 e. The van der Waals surface area contributed by atoms with Crippen LogP contribution in [0.1, 0.15) is 49.4 Å². The van der Waals surface area contributed by atoms with Crippen LogP contribution in [-0.2, 0) is 12.8 Å². The summed E-state index contributed by atoms with van der Waals surface area (Å²) >= 11 is 5.16. The highest BCUT2D eigenvalue weighted by Crippen LogP contribution is 2.26. The van der Waals surface area contributed by atoms with Gasteiger partial charge in [0.15, 0.2) is 4.77 Å². The topological polar surface area (TPSA) is 70.4 Å². The van der Waals surface area contributed by atoms with E-state index in [1.165, 1.54) is 23.8 Å². The first-order valence-corrected chi connectivity index (χ1v) is 8.65. The number of nitrogens with zero attached hydrogens (tertiary/aromatic N) is 2. The number of rotatable bonds is 4. The van der Waals surface area contributed by atoms with Gasteiger partial charge >= 0.3 is 0 Å². The van der Waals surface area contributed by atoms with Crippen molar-refractivity contribution in [1.29, 1.82) is 0 Å². The fraction of sp³-hybridized carbons (Fsp3) is 0.389. The molecule has 0 saturated heterocycles. The molecule has 1 heterocycles. The van der Waals surface area contributed by atoms with Gasteiger partial charge < -0.3 is 5.11 Å². The Labute approximate surface area is 145 Å². The fourth-order valence-corrected chi connectivity index (χ4v) is 3.40. The Morgan fingerprint density at radius 2 is 2.17 bits per heavy atom. The summed E-state index contributed by atoms with van der Waals surface area (Å²) in [6, 6.07) is 6.07. The molecule has 2 N–H and O–H groups in total. The molecular formula is C18H21N3O2S. The van der Waals surface area contributed by atoms with Gasteiger partial charge in [-0.2, -0.15) is 0 Å². The van der Waals surface area contributed by atoms with E-state index in [0.717, 1.165) is 24.9 Å². The van der Waals surface area contributed by atoms with E-state index in [-0.39, 0.29) is 22.3 Å². The zero-order valence-electron chi connectivity index (χ0n) is 13.9. The van der Waals surface area contributed by atoms with Gasteiger partial charge in [0.1, 0.15) is 5.56 Å². The minimum atomic E-state index is -0.429. The van der Waals surface area contributed by atoms with Crippen molar-refractivity contribution in [2.24, 2.45) is 4.99 Å². The van der Waals surface area contributed by atoms with Crippen LogP contribution in [0, 0.1) is 4.77 Å². The molecule has 5 nitrogen and oxygen atoms in total. The summed E-state index contributed by atoms with van der Waals surface area (Å²) in [7, 11) is 0. The lowest BCUT2D eigenvalue weighted by Crippen LogP contribution is -2.20. The molecule has 3 rings (SSSR count). The van der Waals surface area contributed by atoms with E-state index >= 15 is 0 Å². The van der Waals surface area contributed by atoms with Crippen LogP contribution in [0.3, 0.4) is 0 Å². The molecule has 0 saturated carbocycles. The molecule has 24 heavy (non-hydrogen) atoms. The van der Waals surface area contributed by atoms with Gasteiger partial charge in [0.2, 0.25) is 5.88 Å². The van der Waals surface area contributed by atoms with Crippen molar-refractivity contribution in [2.45, 2.75) is 45.6 Å². The average Bonchev–Trinajstić information content (AvgIpc) is 3.01. The number of aromatic nitrogens is 2. The summed E-state index contributed by atoms with van der Waals surface area (Å²) in [5.74, 6) is -0.136. The Morgan fingerprint density at radius 1 is 1.42 bits per heavy atom. The Morgan fingerprint density at radius 3 is 2.92 bits per heavy atom. The van der Waals surface area contributed by atoms with Gasteiger partial charge in [0.25, 0.3) is 5.56 Å². The molecule has 1 aliphatic rings. The molecule has 1 aromatic heterocycles. The summed E-state index contributed by atoms with van der Waals surface area (Å²) in [5.41, 5.74) is 3.18. The largest absolute Gasteiger partial charge is 0.494 e. The van der Waals surface area contributed by atoms with Gasteiger partial charge in [0, 0.05) is 12.3 Å². The number of nitrogens with one attached hydrogen (secondary N) is 1. The predicted octanol–water partition coefficient (Wildman–Crippen LogP) is 3.82. The number of hydrogen-bond acceptors (Lipinski definition) is 4. The molecule has 0 amide bonds. The molecular weight excluding hydrogens is 322 g/mol. The first-order valence-electron chi connectivity index (χ1n) is 8.25. The predicted molar refractivity (Wildman–Crippen MR) is 98.3 cm³/mol. The van der Waals surface area contributed by atoms with E-state index in [4.69, 9.17) is 12.2 Å². The molecule has 0 bridgehead atoms. The Bertz CT molecular complexity index is 911. The Hall–Kier alpha value is -2.21. The van der Waals surface area contributed by atoms with Crippen molar-refractivity contribution in [2.75, 3.05) is 0 Å². The number of aryl methyl sites for hydroxylation is 2. The van der Waals surface area contributed by atoms with Crippen LogP contribution in [0.2, 0.25) is 0 Å². The van der Waals surface area contributed by atoms with Gasteiger partial charge in [-0.25, -0.2) is 0 Å². The third-order valence-electron chi connectivity index (χ3n) is 4.61. The van der Waals surface area contributed by atoms with Gasteiger partial charge in [-0.3, -0.25) is 19.3 Å². The SMILES string of the molecule is CC[C@@H](C)n1c(O)c(C=Nc2ccc3c(c2)CCC3)c(=O)[nH]c1=S. The first-order chi connectivity index (χ1) is 11.5. The molecule has 0 aliphatic heterocycles. The fourth-order valence-electron chi connectivity index (χ4n) is 3.04. The molecule has 0 unspecified atom stereocenters. The highest BCUT2D eigenvalue weighted by Gasteiger charge is 2.15. The van der Waals surface area contributed by atoms with E-state index in [1.54, 1.807) is 4.57 Å². The van der Waals surface area contributed by atoms with Gasteiger partial charge in [-0.05, 0) is 68.1 Å². The van der Waals surface area contributed by atoms with Gasteiger partial charge in [-0.1, -0.05) is 13.0 Å². The number of fused-ring (bicyclic) bond motifs is 1. The lowest BCUT2D eigenvalue weighted by molar-refractivity contribution is 0.371. The van der Waals surface area contributed by atoms with Crippen LogP contribution in [-0.4, -0.2) is 20.9 Å². The second kappa shape index (κ2) is 6.73. The van der Waals surface area contributed by atoms with Crippen LogP contribution >= 0.6 is 12.2 Å². The summed E-state index contributed by atoms with van der Waals surface area (Å²) in [6.07, 6.45) is 5.57. The molecule has 6 heteroatoms. The second-order valence-corrected chi connectivity index (χ2v) is 6.58. The van der Waals surface area contributed by atoms with Crippen LogP contribution in [0.15, 0.2) is 28.0 Å². The summed E-state index contributed by atoms with van der Waals surface area (Å²) in [6.45, 7) is 3.94. The van der Waals surface area contributed by atoms with Crippen LogP contribution in [0.5, 0.6) is 5.88 Å². The van der Waals surface area contributed by atoms with E-state index in [1.807, 2.05) is 26.0 Å². The lowest BCUT2D eigenvalue weighted by atomic mass is 10.1. The third kappa shape index (κ3) is 3.06. The van der Waals surface area contributed by atoms with Crippen LogP contribution < -0.4 is 5.56 Å². The average molecular weight is 343 g/mol.